The SMILES string of the molecule is CC(NC(=O)OC(C)(C)C)OCCBr. The highest BCUT2D eigenvalue weighted by molar-refractivity contribution is 9.09. The minimum Gasteiger partial charge on any atom is -0.444 e. The molecule has 0 heterocycles. The van der Waals surface area contributed by atoms with E-state index in [0.717, 1.165) is 5.33 Å². The van der Waals surface area contributed by atoms with E-state index in [4.69, 9.17) is 9.47 Å². The molecule has 4 nitrogen and oxygen atoms in total. The molecule has 0 spiro atoms. The largest absolute Gasteiger partial charge is 0.444 e. The van der Waals surface area contributed by atoms with Crippen molar-refractivity contribution in [3.63, 3.8) is 0 Å². The van der Waals surface area contributed by atoms with Crippen LogP contribution in [0.4, 0.5) is 4.79 Å². The van der Waals surface area contributed by atoms with Gasteiger partial charge in [-0.3, -0.25) is 5.32 Å². The number of alkyl halides is 1. The van der Waals surface area contributed by atoms with Crippen LogP contribution in [0.2, 0.25) is 0 Å². The smallest absolute Gasteiger partial charge is 0.409 e. The molecule has 0 rings (SSSR count). The Bertz CT molecular complexity index is 179. The van der Waals surface area contributed by atoms with Crippen molar-refractivity contribution < 1.29 is 14.3 Å². The fourth-order valence-corrected chi connectivity index (χ4v) is 0.923. The van der Waals surface area contributed by atoms with Gasteiger partial charge >= 0.3 is 6.09 Å². The molecule has 84 valence electrons. The van der Waals surface area contributed by atoms with Gasteiger partial charge in [0.15, 0.2) is 0 Å². The Morgan fingerprint density at radius 3 is 2.50 bits per heavy atom. The van der Waals surface area contributed by atoms with Crippen molar-refractivity contribution in [1.29, 1.82) is 0 Å². The van der Waals surface area contributed by atoms with E-state index in [2.05, 4.69) is 21.2 Å². The molecule has 0 aromatic carbocycles. The van der Waals surface area contributed by atoms with Crippen LogP contribution in [0, 0.1) is 0 Å². The highest BCUT2D eigenvalue weighted by atomic mass is 79.9. The van der Waals surface area contributed by atoms with E-state index in [-0.39, 0.29) is 6.23 Å². The number of hydrogen-bond donors (Lipinski definition) is 1. The third-order valence-electron chi connectivity index (χ3n) is 1.17. The van der Waals surface area contributed by atoms with Crippen molar-refractivity contribution >= 4 is 22.0 Å². The Morgan fingerprint density at radius 2 is 2.07 bits per heavy atom. The number of rotatable bonds is 4. The lowest BCUT2D eigenvalue weighted by Gasteiger charge is -2.21. The molecule has 0 fully saturated rings. The molecule has 1 N–H and O–H groups in total. The van der Waals surface area contributed by atoms with Gasteiger partial charge in [-0.2, -0.15) is 0 Å². The molecule has 0 saturated carbocycles. The van der Waals surface area contributed by atoms with Crippen molar-refractivity contribution in [3.05, 3.63) is 0 Å². The average molecular weight is 268 g/mol. The van der Waals surface area contributed by atoms with Gasteiger partial charge in [-0.05, 0) is 27.7 Å². The Labute approximate surface area is 93.5 Å². The number of amides is 1. The van der Waals surface area contributed by atoms with Crippen LogP contribution in [0.15, 0.2) is 0 Å². The van der Waals surface area contributed by atoms with Crippen LogP contribution in [-0.4, -0.2) is 29.9 Å². The Kier molecular flexibility index (Phi) is 6.11. The molecular weight excluding hydrogens is 250 g/mol. The second kappa shape index (κ2) is 6.24. The summed E-state index contributed by atoms with van der Waals surface area (Å²) in [5, 5.41) is 3.31. The van der Waals surface area contributed by atoms with E-state index < -0.39 is 11.7 Å². The second-order valence-electron chi connectivity index (χ2n) is 3.85. The predicted octanol–water partition coefficient (Wildman–Crippen LogP) is 2.27. The second-order valence-corrected chi connectivity index (χ2v) is 4.64. The summed E-state index contributed by atoms with van der Waals surface area (Å²) in [6, 6.07) is 0. The molecule has 0 aliphatic rings. The first kappa shape index (κ1) is 13.7. The fraction of sp³-hybridized carbons (Fsp3) is 0.889. The van der Waals surface area contributed by atoms with Gasteiger partial charge in [0.1, 0.15) is 11.8 Å². The molecule has 0 saturated heterocycles. The molecule has 0 aromatic heterocycles. The summed E-state index contributed by atoms with van der Waals surface area (Å²) in [6.07, 6.45) is -0.790. The Hall–Kier alpha value is -0.290. The van der Waals surface area contributed by atoms with E-state index in [0.29, 0.717) is 6.61 Å². The number of halogens is 1. The van der Waals surface area contributed by atoms with Crippen LogP contribution in [0.25, 0.3) is 0 Å². The van der Waals surface area contributed by atoms with Crippen LogP contribution in [0.3, 0.4) is 0 Å². The van der Waals surface area contributed by atoms with Crippen LogP contribution in [-0.2, 0) is 9.47 Å². The third kappa shape index (κ3) is 8.31. The van der Waals surface area contributed by atoms with Crippen molar-refractivity contribution in [3.8, 4) is 0 Å². The van der Waals surface area contributed by atoms with E-state index in [1.807, 2.05) is 20.8 Å². The first-order valence-corrected chi connectivity index (χ1v) is 5.64. The van der Waals surface area contributed by atoms with E-state index in [1.165, 1.54) is 0 Å². The van der Waals surface area contributed by atoms with E-state index in [1.54, 1.807) is 6.92 Å². The number of carbonyl (C=O) groups is 1. The number of nitrogens with one attached hydrogen (secondary N) is 1. The van der Waals surface area contributed by atoms with Crippen LogP contribution < -0.4 is 5.32 Å². The molecule has 1 unspecified atom stereocenters. The van der Waals surface area contributed by atoms with Gasteiger partial charge in [0.2, 0.25) is 0 Å². The quantitative estimate of drug-likeness (QED) is 0.628. The molecule has 1 amide bonds. The lowest BCUT2D eigenvalue weighted by molar-refractivity contribution is 0.0181. The molecule has 1 atom stereocenters. The van der Waals surface area contributed by atoms with Gasteiger partial charge in [-0.25, -0.2) is 4.79 Å². The molecule has 5 heteroatoms. The molecule has 0 aliphatic carbocycles. The highest BCUT2D eigenvalue weighted by Gasteiger charge is 2.17. The van der Waals surface area contributed by atoms with Gasteiger partial charge in [0.05, 0.1) is 6.61 Å². The topological polar surface area (TPSA) is 47.6 Å². The number of hydrogen-bond acceptors (Lipinski definition) is 3. The van der Waals surface area contributed by atoms with E-state index in [9.17, 15) is 4.79 Å². The van der Waals surface area contributed by atoms with Crippen molar-refractivity contribution in [1.82, 2.24) is 5.32 Å². The standard InChI is InChI=1S/C9H18BrNO3/c1-7(13-6-5-10)11-8(12)14-9(2,3)4/h7H,5-6H2,1-4H3,(H,11,12). The maximum absolute atomic E-state index is 11.2. The average Bonchev–Trinajstić information content (AvgIpc) is 1.96. The normalized spacial score (nSPS) is 13.5. The Balaban J connectivity index is 3.71. The zero-order valence-electron chi connectivity index (χ0n) is 9.09. The van der Waals surface area contributed by atoms with Gasteiger partial charge in [0, 0.05) is 5.33 Å². The fourth-order valence-electron chi connectivity index (χ4n) is 0.737. The first-order chi connectivity index (χ1) is 6.35. The van der Waals surface area contributed by atoms with Crippen molar-refractivity contribution in [2.24, 2.45) is 0 Å². The number of ether oxygens (including phenoxy) is 2. The van der Waals surface area contributed by atoms with Gasteiger partial charge < -0.3 is 9.47 Å². The monoisotopic (exact) mass is 267 g/mol. The summed E-state index contributed by atoms with van der Waals surface area (Å²) in [5.74, 6) is 0. The summed E-state index contributed by atoms with van der Waals surface area (Å²) in [7, 11) is 0. The zero-order valence-corrected chi connectivity index (χ0v) is 10.7. The van der Waals surface area contributed by atoms with Crippen LogP contribution >= 0.6 is 15.9 Å². The summed E-state index contributed by atoms with van der Waals surface area (Å²) in [5.41, 5.74) is -0.473. The van der Waals surface area contributed by atoms with E-state index >= 15 is 0 Å². The summed E-state index contributed by atoms with van der Waals surface area (Å²) < 4.78 is 10.3. The number of carbonyl (C=O) groups excluding carboxylic acids is 1. The third-order valence-corrected chi connectivity index (χ3v) is 1.49. The predicted molar refractivity (Wildman–Crippen MR) is 58.6 cm³/mol. The molecule has 14 heavy (non-hydrogen) atoms. The zero-order chi connectivity index (χ0) is 11.2. The van der Waals surface area contributed by atoms with Crippen molar-refractivity contribution in [2.75, 3.05) is 11.9 Å². The summed E-state index contributed by atoms with van der Waals surface area (Å²) in [6.45, 7) is 7.76. The lowest BCUT2D eigenvalue weighted by Crippen LogP contribution is -2.39. The Morgan fingerprint density at radius 1 is 1.50 bits per heavy atom. The van der Waals surface area contributed by atoms with Gasteiger partial charge in [-0.1, -0.05) is 15.9 Å². The number of alkyl carbamates (subject to hydrolysis) is 1. The molecule has 0 aliphatic heterocycles. The maximum atomic E-state index is 11.2. The minimum absolute atomic E-state index is 0.331. The molecule has 0 aromatic rings. The molecule has 0 radical (unpaired) electrons. The van der Waals surface area contributed by atoms with Gasteiger partial charge in [0.25, 0.3) is 0 Å². The molecule has 0 bridgehead atoms. The van der Waals surface area contributed by atoms with Crippen LogP contribution in [0.5, 0.6) is 0 Å². The van der Waals surface area contributed by atoms with Crippen molar-refractivity contribution in [2.45, 2.75) is 39.5 Å². The summed E-state index contributed by atoms with van der Waals surface area (Å²) in [4.78, 5) is 11.2. The summed E-state index contributed by atoms with van der Waals surface area (Å²) >= 11 is 3.22. The minimum atomic E-state index is -0.473. The van der Waals surface area contributed by atoms with Crippen LogP contribution in [0.1, 0.15) is 27.7 Å². The lowest BCUT2D eigenvalue weighted by atomic mass is 10.2. The maximum Gasteiger partial charge on any atom is 0.409 e. The first-order valence-electron chi connectivity index (χ1n) is 4.52. The van der Waals surface area contributed by atoms with Gasteiger partial charge in [-0.15, -0.1) is 0 Å². The molecular formula is C9H18BrNO3. The highest BCUT2D eigenvalue weighted by Crippen LogP contribution is 2.06.